The van der Waals surface area contributed by atoms with Crippen LogP contribution in [0.4, 0.5) is 0 Å². The Hall–Kier alpha value is -1.08. The zero-order valence-corrected chi connectivity index (χ0v) is 9.76. The van der Waals surface area contributed by atoms with Crippen LogP contribution in [0.15, 0.2) is 48.6 Å². The van der Waals surface area contributed by atoms with E-state index < -0.39 is 0 Å². The summed E-state index contributed by atoms with van der Waals surface area (Å²) in [6.07, 6.45) is 18.6. The average molecular weight is 206 g/mol. The van der Waals surface area contributed by atoms with Gasteiger partial charge in [0, 0.05) is 0 Å². The highest BCUT2D eigenvalue weighted by Gasteiger charge is 1.96. The summed E-state index contributed by atoms with van der Waals surface area (Å²) in [7, 11) is 0. The molecule has 0 aliphatic rings. The first-order valence-corrected chi connectivity index (χ1v) is 5.60. The van der Waals surface area contributed by atoms with Crippen molar-refractivity contribution in [1.29, 1.82) is 0 Å². The van der Waals surface area contributed by atoms with Crippen LogP contribution in [0.2, 0.25) is 0 Å². The summed E-state index contributed by atoms with van der Waals surface area (Å²) in [5.41, 5.74) is 0. The quantitative estimate of drug-likeness (QED) is 0.628. The minimum absolute atomic E-state index is 0.145. The number of aliphatic hydroxyl groups excluding tert-OH is 1. The highest BCUT2D eigenvalue weighted by molar-refractivity contribution is 5.14. The molecule has 0 rings (SSSR count). The molecule has 1 heteroatoms. The molecule has 0 bridgehead atoms. The molecule has 0 saturated heterocycles. The van der Waals surface area contributed by atoms with Gasteiger partial charge in [-0.15, -0.1) is 0 Å². The third-order valence-electron chi connectivity index (χ3n) is 2.02. The maximum atomic E-state index is 9.29. The topological polar surface area (TPSA) is 20.2 Å². The molecule has 15 heavy (non-hydrogen) atoms. The van der Waals surface area contributed by atoms with E-state index in [2.05, 4.69) is 6.08 Å². The molecule has 1 unspecified atom stereocenters. The number of hydrogen-bond donors (Lipinski definition) is 1. The Morgan fingerprint density at radius 3 is 2.20 bits per heavy atom. The standard InChI is InChI=1S/C14H22O/c1-3-5-6-7-8-9-10-11-12-13-14(15)4-2/h3,5-11,14-15H,4,12-13H2,1-2H3. The smallest absolute Gasteiger partial charge is 0.0540 e. The Balaban J connectivity index is 3.53. The van der Waals surface area contributed by atoms with Crippen molar-refractivity contribution in [3.05, 3.63) is 48.6 Å². The number of hydrogen-bond acceptors (Lipinski definition) is 1. The molecule has 1 nitrogen and oxygen atoms in total. The third kappa shape index (κ3) is 10.8. The van der Waals surface area contributed by atoms with Gasteiger partial charge in [0.1, 0.15) is 0 Å². The second kappa shape index (κ2) is 11.0. The fraction of sp³-hybridized carbons (Fsp3) is 0.429. The summed E-state index contributed by atoms with van der Waals surface area (Å²) in [6, 6.07) is 0. The Kier molecular flexibility index (Phi) is 10.2. The monoisotopic (exact) mass is 206 g/mol. The maximum Gasteiger partial charge on any atom is 0.0540 e. The highest BCUT2D eigenvalue weighted by atomic mass is 16.3. The van der Waals surface area contributed by atoms with E-state index in [-0.39, 0.29) is 6.10 Å². The average Bonchev–Trinajstić information content (AvgIpc) is 2.26. The van der Waals surface area contributed by atoms with Gasteiger partial charge in [-0.3, -0.25) is 0 Å². The predicted molar refractivity (Wildman–Crippen MR) is 67.8 cm³/mol. The normalized spacial score (nSPS) is 15.1. The van der Waals surface area contributed by atoms with Gasteiger partial charge in [0.05, 0.1) is 6.10 Å². The van der Waals surface area contributed by atoms with E-state index in [9.17, 15) is 5.11 Å². The second-order valence-electron chi connectivity index (χ2n) is 3.36. The van der Waals surface area contributed by atoms with Crippen LogP contribution < -0.4 is 0 Å². The predicted octanol–water partition coefficient (Wildman–Crippen LogP) is 3.78. The Morgan fingerprint density at radius 2 is 1.60 bits per heavy atom. The molecular formula is C14H22O. The number of rotatable bonds is 7. The van der Waals surface area contributed by atoms with Crippen LogP contribution in [0.5, 0.6) is 0 Å². The molecule has 0 aliphatic carbocycles. The van der Waals surface area contributed by atoms with Gasteiger partial charge < -0.3 is 5.11 Å². The van der Waals surface area contributed by atoms with Gasteiger partial charge in [0.15, 0.2) is 0 Å². The SMILES string of the molecule is CC=CC=CC=CC=CCCC(O)CC. The van der Waals surface area contributed by atoms with Gasteiger partial charge in [-0.25, -0.2) is 0 Å². The lowest BCUT2D eigenvalue weighted by Gasteiger charge is -2.02. The molecule has 1 N–H and O–H groups in total. The molecule has 0 amide bonds. The fourth-order valence-corrected chi connectivity index (χ4v) is 1.04. The lowest BCUT2D eigenvalue weighted by molar-refractivity contribution is 0.161. The van der Waals surface area contributed by atoms with E-state index in [1.54, 1.807) is 0 Å². The maximum absolute atomic E-state index is 9.29. The van der Waals surface area contributed by atoms with E-state index in [1.165, 1.54) is 0 Å². The fourth-order valence-electron chi connectivity index (χ4n) is 1.04. The second-order valence-corrected chi connectivity index (χ2v) is 3.36. The lowest BCUT2D eigenvalue weighted by Crippen LogP contribution is -2.02. The lowest BCUT2D eigenvalue weighted by atomic mass is 10.1. The molecule has 0 saturated carbocycles. The first-order chi connectivity index (χ1) is 7.31. The molecule has 84 valence electrons. The zero-order valence-electron chi connectivity index (χ0n) is 9.76. The van der Waals surface area contributed by atoms with Crippen molar-refractivity contribution in [3.8, 4) is 0 Å². The summed E-state index contributed by atoms with van der Waals surface area (Å²) >= 11 is 0. The summed E-state index contributed by atoms with van der Waals surface area (Å²) < 4.78 is 0. The Bertz CT molecular complexity index is 234. The summed E-state index contributed by atoms with van der Waals surface area (Å²) in [4.78, 5) is 0. The van der Waals surface area contributed by atoms with Crippen molar-refractivity contribution in [3.63, 3.8) is 0 Å². The first kappa shape index (κ1) is 13.9. The Morgan fingerprint density at radius 1 is 1.00 bits per heavy atom. The molecule has 0 spiro atoms. The van der Waals surface area contributed by atoms with Crippen molar-refractivity contribution < 1.29 is 5.11 Å². The first-order valence-electron chi connectivity index (χ1n) is 5.60. The molecule has 0 aromatic carbocycles. The van der Waals surface area contributed by atoms with Crippen LogP contribution in [0.1, 0.15) is 33.1 Å². The van der Waals surface area contributed by atoms with E-state index >= 15 is 0 Å². The Labute approximate surface area is 93.5 Å². The van der Waals surface area contributed by atoms with Crippen LogP contribution in [0, 0.1) is 0 Å². The molecule has 0 aromatic heterocycles. The van der Waals surface area contributed by atoms with Crippen molar-refractivity contribution in [2.45, 2.75) is 39.2 Å². The van der Waals surface area contributed by atoms with E-state index in [0.717, 1.165) is 19.3 Å². The van der Waals surface area contributed by atoms with Crippen LogP contribution in [-0.4, -0.2) is 11.2 Å². The van der Waals surface area contributed by atoms with Gasteiger partial charge >= 0.3 is 0 Å². The van der Waals surface area contributed by atoms with Crippen LogP contribution in [-0.2, 0) is 0 Å². The molecule has 1 atom stereocenters. The van der Waals surface area contributed by atoms with Crippen LogP contribution in [0.25, 0.3) is 0 Å². The van der Waals surface area contributed by atoms with E-state index in [1.807, 2.05) is 56.4 Å². The summed E-state index contributed by atoms with van der Waals surface area (Å²) in [5.74, 6) is 0. The molecule has 0 heterocycles. The largest absolute Gasteiger partial charge is 0.393 e. The van der Waals surface area contributed by atoms with Crippen molar-refractivity contribution in [2.24, 2.45) is 0 Å². The van der Waals surface area contributed by atoms with Crippen LogP contribution >= 0.6 is 0 Å². The molecular weight excluding hydrogens is 184 g/mol. The number of allylic oxidation sites excluding steroid dienone is 8. The van der Waals surface area contributed by atoms with Crippen molar-refractivity contribution in [2.75, 3.05) is 0 Å². The third-order valence-corrected chi connectivity index (χ3v) is 2.02. The minimum atomic E-state index is -0.145. The van der Waals surface area contributed by atoms with Gasteiger partial charge in [-0.05, 0) is 26.2 Å². The summed E-state index contributed by atoms with van der Waals surface area (Å²) in [5, 5.41) is 9.29. The van der Waals surface area contributed by atoms with Crippen LogP contribution in [0.3, 0.4) is 0 Å². The highest BCUT2D eigenvalue weighted by Crippen LogP contribution is 2.01. The van der Waals surface area contributed by atoms with Gasteiger partial charge in [0.25, 0.3) is 0 Å². The van der Waals surface area contributed by atoms with Crippen molar-refractivity contribution >= 4 is 0 Å². The van der Waals surface area contributed by atoms with E-state index in [0.29, 0.717) is 0 Å². The van der Waals surface area contributed by atoms with Gasteiger partial charge in [0.2, 0.25) is 0 Å². The van der Waals surface area contributed by atoms with Gasteiger partial charge in [-0.1, -0.05) is 55.5 Å². The zero-order chi connectivity index (χ0) is 11.4. The molecule has 0 radical (unpaired) electrons. The van der Waals surface area contributed by atoms with E-state index in [4.69, 9.17) is 0 Å². The molecule has 0 aromatic rings. The van der Waals surface area contributed by atoms with Gasteiger partial charge in [-0.2, -0.15) is 0 Å². The number of aliphatic hydroxyl groups is 1. The molecule has 0 fully saturated rings. The summed E-state index contributed by atoms with van der Waals surface area (Å²) in [6.45, 7) is 3.99. The molecule has 0 aliphatic heterocycles. The minimum Gasteiger partial charge on any atom is -0.393 e. The van der Waals surface area contributed by atoms with Crippen molar-refractivity contribution in [1.82, 2.24) is 0 Å².